The molecule has 1 saturated carbocycles. The van der Waals surface area contributed by atoms with E-state index < -0.39 is 9.84 Å². The first-order valence-corrected chi connectivity index (χ1v) is 9.51. The van der Waals surface area contributed by atoms with Crippen molar-refractivity contribution in [3.05, 3.63) is 23.8 Å². The summed E-state index contributed by atoms with van der Waals surface area (Å²) in [6.07, 6.45) is 4.20. The maximum absolute atomic E-state index is 11.7. The molecule has 1 aliphatic carbocycles. The number of sulfone groups is 1. The van der Waals surface area contributed by atoms with Crippen LogP contribution in [0.4, 0.5) is 0 Å². The Morgan fingerprint density at radius 3 is 2.71 bits per heavy atom. The molecule has 1 aromatic carbocycles. The van der Waals surface area contributed by atoms with Crippen molar-refractivity contribution in [1.29, 1.82) is 0 Å². The quantitative estimate of drug-likeness (QED) is 0.777. The summed E-state index contributed by atoms with van der Waals surface area (Å²) in [5.74, 6) is 1.74. The number of methoxy groups -OCH3 is 1. The topological polar surface area (TPSA) is 52.6 Å². The number of hydrogen-bond acceptors (Lipinski definition) is 4. The molecule has 2 atom stereocenters. The average Bonchev–Trinajstić information content (AvgIpc) is 2.46. The number of alkyl halides is 1. The Morgan fingerprint density at radius 2 is 2.10 bits per heavy atom. The van der Waals surface area contributed by atoms with Gasteiger partial charge < -0.3 is 9.47 Å². The molecule has 0 amide bonds. The van der Waals surface area contributed by atoms with Gasteiger partial charge in [-0.1, -0.05) is 6.07 Å². The fraction of sp³-hybridized carbons (Fsp3) is 0.600. The Bertz CT molecular complexity index is 585. The van der Waals surface area contributed by atoms with Crippen LogP contribution in [0, 0.1) is 0 Å². The summed E-state index contributed by atoms with van der Waals surface area (Å²) in [6, 6.07) is 5.52. The van der Waals surface area contributed by atoms with Crippen LogP contribution in [0.1, 0.15) is 31.2 Å². The summed E-state index contributed by atoms with van der Waals surface area (Å²) >= 11 is 5.93. The second kappa shape index (κ2) is 6.88. The monoisotopic (exact) mass is 332 g/mol. The molecule has 6 heteroatoms. The number of halogens is 1. The SMILES string of the molecule is COc1ccc(CCl)c(OC2CCCC(S(C)(=O)=O)C2)c1. The third kappa shape index (κ3) is 4.27. The second-order valence-corrected chi connectivity index (χ2v) is 8.06. The largest absolute Gasteiger partial charge is 0.497 e. The molecule has 2 unspecified atom stereocenters. The molecule has 0 spiro atoms. The molecular formula is C15H21ClO4S. The molecule has 0 aliphatic heterocycles. The van der Waals surface area contributed by atoms with Crippen LogP contribution in [-0.4, -0.2) is 33.1 Å². The maximum Gasteiger partial charge on any atom is 0.150 e. The van der Waals surface area contributed by atoms with Gasteiger partial charge in [-0.15, -0.1) is 11.6 Å². The van der Waals surface area contributed by atoms with E-state index in [9.17, 15) is 8.42 Å². The van der Waals surface area contributed by atoms with Gasteiger partial charge in [0.2, 0.25) is 0 Å². The lowest BCUT2D eigenvalue weighted by Crippen LogP contribution is -2.33. The van der Waals surface area contributed by atoms with E-state index in [4.69, 9.17) is 21.1 Å². The van der Waals surface area contributed by atoms with E-state index in [2.05, 4.69) is 0 Å². The van der Waals surface area contributed by atoms with E-state index in [1.54, 1.807) is 7.11 Å². The fourth-order valence-electron chi connectivity index (χ4n) is 2.66. The molecule has 0 N–H and O–H groups in total. The molecule has 1 fully saturated rings. The molecule has 0 heterocycles. The third-order valence-electron chi connectivity index (χ3n) is 3.90. The zero-order valence-corrected chi connectivity index (χ0v) is 13.9. The molecule has 0 aromatic heterocycles. The average molecular weight is 333 g/mol. The van der Waals surface area contributed by atoms with Gasteiger partial charge in [0.15, 0.2) is 0 Å². The summed E-state index contributed by atoms with van der Waals surface area (Å²) in [7, 11) is -1.41. The molecule has 118 valence electrons. The first-order chi connectivity index (χ1) is 9.94. The van der Waals surface area contributed by atoms with Crippen molar-refractivity contribution in [2.45, 2.75) is 42.9 Å². The van der Waals surface area contributed by atoms with Crippen LogP contribution in [-0.2, 0) is 15.7 Å². The molecule has 0 bridgehead atoms. The Labute approximate surface area is 131 Å². The summed E-state index contributed by atoms with van der Waals surface area (Å²) in [6.45, 7) is 0. The molecule has 2 rings (SSSR count). The van der Waals surface area contributed by atoms with Crippen molar-refractivity contribution in [3.63, 3.8) is 0 Å². The Balaban J connectivity index is 2.14. The summed E-state index contributed by atoms with van der Waals surface area (Å²) in [5, 5.41) is -0.304. The third-order valence-corrected chi connectivity index (χ3v) is 5.82. The Morgan fingerprint density at radius 1 is 1.33 bits per heavy atom. The van der Waals surface area contributed by atoms with Gasteiger partial charge in [-0.25, -0.2) is 8.42 Å². The van der Waals surface area contributed by atoms with Crippen molar-refractivity contribution in [1.82, 2.24) is 0 Å². The van der Waals surface area contributed by atoms with Crippen LogP contribution in [0.2, 0.25) is 0 Å². The van der Waals surface area contributed by atoms with Crippen molar-refractivity contribution in [2.75, 3.05) is 13.4 Å². The van der Waals surface area contributed by atoms with Gasteiger partial charge in [0.25, 0.3) is 0 Å². The minimum atomic E-state index is -3.01. The molecule has 1 aromatic rings. The minimum Gasteiger partial charge on any atom is -0.497 e. The first-order valence-electron chi connectivity index (χ1n) is 7.02. The van der Waals surface area contributed by atoms with Gasteiger partial charge in [0.05, 0.1) is 24.3 Å². The highest BCUT2D eigenvalue weighted by Gasteiger charge is 2.30. The van der Waals surface area contributed by atoms with Crippen molar-refractivity contribution < 1.29 is 17.9 Å². The molecular weight excluding hydrogens is 312 g/mol. The van der Waals surface area contributed by atoms with Gasteiger partial charge in [0, 0.05) is 24.3 Å². The Kier molecular flexibility index (Phi) is 5.38. The molecule has 1 aliphatic rings. The van der Waals surface area contributed by atoms with E-state index in [0.29, 0.717) is 23.8 Å². The van der Waals surface area contributed by atoms with Gasteiger partial charge in [-0.05, 0) is 25.3 Å². The van der Waals surface area contributed by atoms with E-state index in [-0.39, 0.29) is 11.4 Å². The van der Waals surface area contributed by atoms with Gasteiger partial charge >= 0.3 is 0 Å². The number of benzene rings is 1. The first kappa shape index (κ1) is 16.4. The highest BCUT2D eigenvalue weighted by atomic mass is 35.5. The van der Waals surface area contributed by atoms with Crippen LogP contribution in [0.3, 0.4) is 0 Å². The second-order valence-electron chi connectivity index (χ2n) is 5.47. The van der Waals surface area contributed by atoms with E-state index in [0.717, 1.165) is 24.8 Å². The smallest absolute Gasteiger partial charge is 0.150 e. The van der Waals surface area contributed by atoms with Gasteiger partial charge in [0.1, 0.15) is 21.3 Å². The Hall–Kier alpha value is -0.940. The van der Waals surface area contributed by atoms with Crippen molar-refractivity contribution in [3.8, 4) is 11.5 Å². The lowest BCUT2D eigenvalue weighted by atomic mass is 9.97. The lowest BCUT2D eigenvalue weighted by Gasteiger charge is -2.29. The van der Waals surface area contributed by atoms with Crippen LogP contribution >= 0.6 is 11.6 Å². The minimum absolute atomic E-state index is 0.0902. The molecule has 4 nitrogen and oxygen atoms in total. The highest BCUT2D eigenvalue weighted by molar-refractivity contribution is 7.91. The van der Waals surface area contributed by atoms with E-state index in [1.807, 2.05) is 18.2 Å². The van der Waals surface area contributed by atoms with E-state index in [1.165, 1.54) is 6.26 Å². The maximum atomic E-state index is 11.7. The number of hydrogen-bond donors (Lipinski definition) is 0. The molecule has 0 saturated heterocycles. The van der Waals surface area contributed by atoms with Crippen LogP contribution in [0.15, 0.2) is 18.2 Å². The van der Waals surface area contributed by atoms with Crippen LogP contribution in [0.5, 0.6) is 11.5 Å². The lowest BCUT2D eigenvalue weighted by molar-refractivity contribution is 0.154. The summed E-state index contributed by atoms with van der Waals surface area (Å²) in [5.41, 5.74) is 0.888. The standard InChI is InChI=1S/C15H21ClO4S/c1-19-12-7-6-11(10-16)15(9-12)20-13-4-3-5-14(8-13)21(2,17)18/h6-7,9,13-14H,3-5,8,10H2,1-2H3. The van der Waals surface area contributed by atoms with Crippen molar-refractivity contribution in [2.24, 2.45) is 0 Å². The molecule has 21 heavy (non-hydrogen) atoms. The zero-order chi connectivity index (χ0) is 15.5. The zero-order valence-electron chi connectivity index (χ0n) is 12.3. The predicted octanol–water partition coefficient (Wildman–Crippen LogP) is 3.17. The number of ether oxygens (including phenoxy) is 2. The van der Waals surface area contributed by atoms with Crippen LogP contribution in [0.25, 0.3) is 0 Å². The predicted molar refractivity (Wildman–Crippen MR) is 84.1 cm³/mol. The van der Waals surface area contributed by atoms with Crippen LogP contribution < -0.4 is 9.47 Å². The molecule has 0 radical (unpaired) electrons. The fourth-order valence-corrected chi connectivity index (χ4v) is 4.04. The summed E-state index contributed by atoms with van der Waals surface area (Å²) in [4.78, 5) is 0. The number of rotatable bonds is 5. The van der Waals surface area contributed by atoms with Gasteiger partial charge in [-0.2, -0.15) is 0 Å². The highest BCUT2D eigenvalue weighted by Crippen LogP contribution is 2.31. The van der Waals surface area contributed by atoms with E-state index >= 15 is 0 Å². The van der Waals surface area contributed by atoms with Gasteiger partial charge in [-0.3, -0.25) is 0 Å². The summed E-state index contributed by atoms with van der Waals surface area (Å²) < 4.78 is 34.6. The van der Waals surface area contributed by atoms with Crippen molar-refractivity contribution >= 4 is 21.4 Å². The normalized spacial score (nSPS) is 22.8.